The first-order valence-electron chi connectivity index (χ1n) is 20.6. The van der Waals surface area contributed by atoms with Gasteiger partial charge in [0.25, 0.3) is 0 Å². The van der Waals surface area contributed by atoms with Crippen LogP contribution in [0.3, 0.4) is 0 Å². The smallest absolute Gasteiger partial charge is 0.861 e. The molecule has 4 aromatic carbocycles. The first-order chi connectivity index (χ1) is 34.6. The molecule has 1 radical (unpaired) electrons. The Kier molecular flexibility index (Phi) is 17.9. The first kappa shape index (κ1) is 58.8. The molecule has 0 bridgehead atoms. The molecule has 399 valence electrons. The van der Waals surface area contributed by atoms with E-state index in [0.29, 0.717) is 25.5 Å². The van der Waals surface area contributed by atoms with E-state index in [1.165, 1.54) is 0 Å². The Morgan fingerprint density at radius 3 is 0.947 bits per heavy atom. The molecule has 0 atom stereocenters. The van der Waals surface area contributed by atoms with Gasteiger partial charge in [0.2, 0.25) is 0 Å². The number of hydrogen-bond acceptors (Lipinski definition) is 6. The quantitative estimate of drug-likeness (QED) is 0.0323. The predicted octanol–water partition coefficient (Wildman–Crippen LogP) is 9.35. The van der Waals surface area contributed by atoms with Crippen LogP contribution in [-0.2, 0) is 36.7 Å². The van der Waals surface area contributed by atoms with Gasteiger partial charge < -0.3 is 5.11 Å². The molecule has 0 N–H and O–H groups in total. The second-order valence-electron chi connectivity index (χ2n) is 16.7. The molecule has 0 spiro atoms. The van der Waals surface area contributed by atoms with Crippen LogP contribution in [0.5, 0.6) is 0 Å². The Morgan fingerprint density at radius 1 is 0.413 bits per heavy atom. The molecule has 0 aliphatic carbocycles. The normalized spacial score (nSPS) is 12.0. The second kappa shape index (κ2) is 22.8. The number of nitrogens with zero attached hydrogens (tertiary/aromatic N) is 5. The molecule has 0 saturated carbocycles. The van der Waals surface area contributed by atoms with Gasteiger partial charge in [-0.2, -0.15) is 0 Å². The zero-order valence-electron chi connectivity index (χ0n) is 37.6. The third kappa shape index (κ3) is 10.9. The van der Waals surface area contributed by atoms with E-state index in [1.807, 2.05) is 69.3 Å². The topological polar surface area (TPSA) is 77.3 Å². The zero-order valence-corrected chi connectivity index (χ0v) is 38.5. The number of benzene rings is 4. The van der Waals surface area contributed by atoms with Crippen LogP contribution < -0.4 is 27.0 Å². The van der Waals surface area contributed by atoms with Gasteiger partial charge in [-0.25, -0.2) is 97.8 Å². The summed E-state index contributed by atoms with van der Waals surface area (Å²) in [6.07, 6.45) is -3.63. The summed E-state index contributed by atoms with van der Waals surface area (Å²) in [6, 6.07) is 17.4. The minimum Gasteiger partial charge on any atom is -0.861 e. The van der Waals surface area contributed by atoms with Gasteiger partial charge in [-0.05, 0) is 47.7 Å². The van der Waals surface area contributed by atoms with Crippen molar-refractivity contribution in [2.45, 2.75) is 40.4 Å². The fourth-order valence-electron chi connectivity index (χ4n) is 7.60. The maximum atomic E-state index is 15.4. The fourth-order valence-corrected chi connectivity index (χ4v) is 7.60. The number of rotatable bonds is 11. The number of aliphatic imine (C=N–C) groups is 1. The molecule has 7 rings (SSSR count). The average molecular weight is 1130 g/mol. The van der Waals surface area contributed by atoms with Crippen molar-refractivity contribution >= 4 is 39.7 Å². The Hall–Kier alpha value is -7.06. The van der Waals surface area contributed by atoms with Gasteiger partial charge in [-0.3, -0.25) is 14.9 Å². The molecule has 0 amide bonds. The van der Waals surface area contributed by atoms with E-state index >= 15 is 35.1 Å². The summed E-state index contributed by atoms with van der Waals surface area (Å²) >= 11 is 0. The maximum Gasteiger partial charge on any atom is 2.00 e. The summed E-state index contributed by atoms with van der Waals surface area (Å²) in [5, 5.41) is 12.2. The molecule has 3 heterocycles. The van der Waals surface area contributed by atoms with E-state index in [1.54, 1.807) is 18.5 Å². The third-order valence-corrected chi connectivity index (χ3v) is 11.0. The van der Waals surface area contributed by atoms with Crippen molar-refractivity contribution < 1.29 is 110 Å². The summed E-state index contributed by atoms with van der Waals surface area (Å²) in [7, 11) is 0. The van der Waals surface area contributed by atoms with Crippen molar-refractivity contribution in [3.8, 4) is 0 Å². The molecule has 3 aromatic heterocycles. The van der Waals surface area contributed by atoms with Gasteiger partial charge in [0.15, 0.2) is 75.6 Å². The van der Waals surface area contributed by atoms with Crippen LogP contribution in [0.2, 0.25) is 0 Å². The molecular formula is C47H26BCuF20N5O. The molecule has 0 aliphatic heterocycles. The first-order valence-corrected chi connectivity index (χ1v) is 20.6. The molecule has 0 saturated heterocycles. The third-order valence-electron chi connectivity index (χ3n) is 11.0. The molecule has 6 nitrogen and oxygen atoms in total. The van der Waals surface area contributed by atoms with Crippen LogP contribution in [0.25, 0.3) is 0 Å². The van der Waals surface area contributed by atoms with Crippen LogP contribution >= 0.6 is 0 Å². The van der Waals surface area contributed by atoms with E-state index in [0.717, 1.165) is 17.1 Å². The number of halogens is 20. The van der Waals surface area contributed by atoms with Crippen molar-refractivity contribution in [2.75, 3.05) is 0 Å². The Labute approximate surface area is 419 Å². The van der Waals surface area contributed by atoms with Crippen LogP contribution in [0.4, 0.5) is 93.6 Å². The largest absolute Gasteiger partial charge is 2.00 e. The summed E-state index contributed by atoms with van der Waals surface area (Å²) in [4.78, 5) is 19.9. The van der Waals surface area contributed by atoms with Gasteiger partial charge >= 0.3 is 17.1 Å². The fraction of sp³-hybridized carbons (Fsp3) is 0.149. The zero-order chi connectivity index (χ0) is 55.0. The Balaban J connectivity index is 0.000000299. The van der Waals surface area contributed by atoms with Crippen LogP contribution in [0.1, 0.15) is 37.9 Å². The molecule has 75 heavy (non-hydrogen) atoms. The van der Waals surface area contributed by atoms with Crippen molar-refractivity contribution in [3.05, 3.63) is 200 Å². The van der Waals surface area contributed by atoms with Crippen molar-refractivity contribution in [2.24, 2.45) is 10.4 Å². The van der Waals surface area contributed by atoms with Gasteiger partial charge in [0.1, 0.15) is 52.7 Å². The molecule has 0 unspecified atom stereocenters. The van der Waals surface area contributed by atoms with E-state index in [2.05, 4.69) is 24.8 Å². The van der Waals surface area contributed by atoms with Gasteiger partial charge in [-0.1, -0.05) is 39.0 Å². The summed E-state index contributed by atoms with van der Waals surface area (Å²) in [5.41, 5.74) is -12.1. The van der Waals surface area contributed by atoms with Crippen LogP contribution in [0.15, 0.2) is 72.0 Å². The maximum absolute atomic E-state index is 15.4. The number of aromatic nitrogens is 3. The Morgan fingerprint density at radius 2 is 0.680 bits per heavy atom. The van der Waals surface area contributed by atoms with Gasteiger partial charge in [-0.15, -0.1) is 21.9 Å². The monoisotopic (exact) mass is 1130 g/mol. The molecule has 0 fully saturated rings. The van der Waals surface area contributed by atoms with Gasteiger partial charge in [0.05, 0.1) is 17.1 Å². The molecule has 7 aromatic rings. The number of hydrogen-bond donors (Lipinski definition) is 0. The second-order valence-corrected chi connectivity index (χ2v) is 16.7. The standard InChI is InChI=1S/C24BF20.C23H27N5O.Cu/c26-5-1(6(27)14(35)21(42)13(5)34)25(2-7(28)15(36)22(43)16(37)8(2)29,3-9(30)17(38)23(44)18(39)10(3)31)4-11(32)19(40)24(45)20(41)12(4)33;1-23(2,3)22(29)27-21-12-8-11-20(26-21)17-28(15-18-9-4-6-13-24-18)16-19-10-5-7-14-25-19;/h;4-14H,15-17H2,1-3H3,(H,26,27,29);/q-1;;+2/p-1. The van der Waals surface area contributed by atoms with E-state index < -0.39 is 150 Å². The van der Waals surface area contributed by atoms with E-state index in [9.17, 15) is 57.8 Å². The van der Waals surface area contributed by atoms with E-state index in [-0.39, 0.29) is 23.0 Å². The van der Waals surface area contributed by atoms with Crippen LogP contribution in [-0.4, -0.2) is 31.9 Å². The average Bonchev–Trinajstić information content (AvgIpc) is 3.36. The molecule has 0 aliphatic rings. The predicted molar refractivity (Wildman–Crippen MR) is 221 cm³/mol. The van der Waals surface area contributed by atoms with Crippen molar-refractivity contribution in [1.82, 2.24) is 19.9 Å². The summed E-state index contributed by atoms with van der Waals surface area (Å²) < 4.78 is 294. The molecule has 28 heteroatoms. The summed E-state index contributed by atoms with van der Waals surface area (Å²) in [6.45, 7) is 7.49. The van der Waals surface area contributed by atoms with Crippen molar-refractivity contribution in [3.63, 3.8) is 0 Å². The van der Waals surface area contributed by atoms with Crippen molar-refractivity contribution in [1.29, 1.82) is 0 Å². The summed E-state index contributed by atoms with van der Waals surface area (Å²) in [5.74, 6) is -71.1. The minimum absolute atomic E-state index is 0. The van der Waals surface area contributed by atoms with E-state index in [4.69, 9.17) is 0 Å². The molecular weight excluding hydrogens is 1100 g/mol. The minimum atomic E-state index is -7.22. The SMILES string of the molecule is CC(C)(C)/C([O-])=N/c1cccc(CN(Cc2ccccn2)Cc2ccccn2)n1.Fc1c(F)c(F)c([B-](c2c(F)c(F)c(F)c(F)c2F)(c2c(F)c(F)c(F)c(F)c2F)c2c(F)c(F)c(F)c(F)c2F)c(F)c1F.[Cu+2]. The van der Waals surface area contributed by atoms with Gasteiger partial charge in [0, 0.05) is 32.0 Å². The van der Waals surface area contributed by atoms with Crippen LogP contribution in [0, 0.1) is 122 Å². The number of pyridine rings is 3. The Bertz CT molecular complexity index is 2910.